The predicted molar refractivity (Wildman–Crippen MR) is 64.0 cm³/mol. The number of nitrogens with two attached hydrogens (primary N) is 1. The summed E-state index contributed by atoms with van der Waals surface area (Å²) in [5.41, 5.74) is 6.68. The average Bonchev–Trinajstić information content (AvgIpc) is 2.51. The maximum absolute atomic E-state index is 11.7. The van der Waals surface area contributed by atoms with Crippen LogP contribution in [0.5, 0.6) is 0 Å². The number of hydrogen-bond acceptors (Lipinski definition) is 5. The number of anilines is 1. The highest BCUT2D eigenvalue weighted by molar-refractivity contribution is 7.18. The third-order valence-electron chi connectivity index (χ3n) is 2.14. The predicted octanol–water partition coefficient (Wildman–Crippen LogP) is 2.41. The molecule has 2 N–H and O–H groups in total. The van der Waals surface area contributed by atoms with Crippen molar-refractivity contribution < 1.29 is 14.3 Å². The molecule has 5 heteroatoms. The van der Waals surface area contributed by atoms with Gasteiger partial charge in [0.1, 0.15) is 5.00 Å². The highest BCUT2D eigenvalue weighted by Crippen LogP contribution is 2.31. The molecule has 1 rings (SSSR count). The molecule has 0 saturated carbocycles. The van der Waals surface area contributed by atoms with Gasteiger partial charge in [0.15, 0.2) is 5.78 Å². The lowest BCUT2D eigenvalue weighted by Crippen LogP contribution is -2.08. The van der Waals surface area contributed by atoms with E-state index in [2.05, 4.69) is 0 Å². The van der Waals surface area contributed by atoms with E-state index in [1.807, 2.05) is 6.92 Å². The first kappa shape index (κ1) is 12.7. The summed E-state index contributed by atoms with van der Waals surface area (Å²) in [5.74, 6) is -0.524. The van der Waals surface area contributed by atoms with E-state index in [9.17, 15) is 9.59 Å². The second-order valence-electron chi connectivity index (χ2n) is 3.49. The van der Waals surface area contributed by atoms with E-state index in [0.29, 0.717) is 27.6 Å². The van der Waals surface area contributed by atoms with Crippen molar-refractivity contribution in [2.45, 2.75) is 27.2 Å². The molecule has 1 aromatic rings. The van der Waals surface area contributed by atoms with E-state index >= 15 is 0 Å². The van der Waals surface area contributed by atoms with Gasteiger partial charge < -0.3 is 10.5 Å². The number of rotatable bonds is 4. The lowest BCUT2D eigenvalue weighted by molar-refractivity contribution is 0.0506. The number of carbonyl (C=O) groups is 2. The van der Waals surface area contributed by atoms with Crippen molar-refractivity contribution >= 4 is 28.1 Å². The zero-order valence-electron chi connectivity index (χ0n) is 9.62. The third-order valence-corrected chi connectivity index (χ3v) is 3.36. The number of esters is 1. The van der Waals surface area contributed by atoms with Crippen molar-refractivity contribution in [2.24, 2.45) is 0 Å². The maximum Gasteiger partial charge on any atom is 0.341 e. The Labute approximate surface area is 98.4 Å². The Morgan fingerprint density at radius 2 is 2.06 bits per heavy atom. The van der Waals surface area contributed by atoms with Gasteiger partial charge in [0, 0.05) is 0 Å². The van der Waals surface area contributed by atoms with Crippen LogP contribution >= 0.6 is 11.3 Å². The van der Waals surface area contributed by atoms with Crippen molar-refractivity contribution in [2.75, 3.05) is 12.3 Å². The molecule has 16 heavy (non-hydrogen) atoms. The molecule has 1 heterocycles. The molecule has 0 bridgehead atoms. The Morgan fingerprint density at radius 1 is 1.44 bits per heavy atom. The Bertz CT molecular complexity index is 423. The first-order valence-electron chi connectivity index (χ1n) is 5.06. The van der Waals surface area contributed by atoms with Crippen molar-refractivity contribution in [3.63, 3.8) is 0 Å². The van der Waals surface area contributed by atoms with E-state index in [4.69, 9.17) is 10.5 Å². The second kappa shape index (κ2) is 5.12. The highest BCUT2D eigenvalue weighted by Gasteiger charge is 2.22. The van der Waals surface area contributed by atoms with E-state index in [1.54, 1.807) is 6.92 Å². The Balaban J connectivity index is 3.04. The van der Waals surface area contributed by atoms with Gasteiger partial charge in [-0.05, 0) is 25.8 Å². The van der Waals surface area contributed by atoms with Gasteiger partial charge in [-0.15, -0.1) is 11.3 Å². The molecule has 0 fully saturated rings. The number of ketones is 1. The first-order valence-corrected chi connectivity index (χ1v) is 5.87. The molecule has 0 saturated heterocycles. The molecule has 88 valence electrons. The molecular formula is C11H15NO3S. The number of ether oxygens (including phenoxy) is 1. The molecular weight excluding hydrogens is 226 g/mol. The van der Waals surface area contributed by atoms with Gasteiger partial charge in [-0.3, -0.25) is 4.79 Å². The van der Waals surface area contributed by atoms with Gasteiger partial charge in [-0.2, -0.15) is 0 Å². The molecule has 0 aliphatic rings. The van der Waals surface area contributed by atoms with Crippen LogP contribution in [0.15, 0.2) is 0 Å². The molecule has 0 atom stereocenters. The van der Waals surface area contributed by atoms with E-state index < -0.39 is 5.97 Å². The summed E-state index contributed by atoms with van der Waals surface area (Å²) >= 11 is 1.14. The van der Waals surface area contributed by atoms with Crippen LogP contribution in [-0.2, 0) is 4.74 Å². The second-order valence-corrected chi connectivity index (χ2v) is 4.54. The minimum absolute atomic E-state index is 0.0799. The summed E-state index contributed by atoms with van der Waals surface area (Å²) in [6.07, 6.45) is 0.758. The quantitative estimate of drug-likeness (QED) is 0.649. The van der Waals surface area contributed by atoms with Crippen LogP contribution in [0, 0.1) is 6.92 Å². The number of nitrogen functional groups attached to an aromatic ring is 1. The van der Waals surface area contributed by atoms with Gasteiger partial charge in [-0.25, -0.2) is 4.79 Å². The van der Waals surface area contributed by atoms with Crippen molar-refractivity contribution in [1.82, 2.24) is 0 Å². The molecule has 0 aromatic carbocycles. The zero-order chi connectivity index (χ0) is 12.3. The van der Waals surface area contributed by atoms with Gasteiger partial charge >= 0.3 is 5.97 Å². The summed E-state index contributed by atoms with van der Waals surface area (Å²) in [6.45, 7) is 5.45. The SMILES string of the molecule is CCCOC(=O)c1c(N)sc(C(C)=O)c1C. The highest BCUT2D eigenvalue weighted by atomic mass is 32.1. The minimum Gasteiger partial charge on any atom is -0.462 e. The van der Waals surface area contributed by atoms with Crippen LogP contribution < -0.4 is 5.73 Å². The lowest BCUT2D eigenvalue weighted by atomic mass is 10.1. The summed E-state index contributed by atoms with van der Waals surface area (Å²) < 4.78 is 5.01. The maximum atomic E-state index is 11.7. The Morgan fingerprint density at radius 3 is 2.50 bits per heavy atom. The number of carbonyl (C=O) groups excluding carboxylic acids is 2. The Hall–Kier alpha value is -1.36. The fraction of sp³-hybridized carbons (Fsp3) is 0.455. The smallest absolute Gasteiger partial charge is 0.341 e. The topological polar surface area (TPSA) is 69.4 Å². The van der Waals surface area contributed by atoms with Gasteiger partial charge in [0.25, 0.3) is 0 Å². The molecule has 0 unspecified atom stereocenters. The third kappa shape index (κ3) is 2.41. The average molecular weight is 241 g/mol. The number of thiophene rings is 1. The van der Waals surface area contributed by atoms with Crippen LogP contribution in [0.25, 0.3) is 0 Å². The van der Waals surface area contributed by atoms with Crippen molar-refractivity contribution in [3.8, 4) is 0 Å². The minimum atomic E-state index is -0.444. The Kier molecular flexibility index (Phi) is 4.06. The number of hydrogen-bond donors (Lipinski definition) is 1. The molecule has 0 aliphatic carbocycles. The van der Waals surface area contributed by atoms with Crippen LogP contribution in [0.2, 0.25) is 0 Å². The van der Waals surface area contributed by atoms with Gasteiger partial charge in [-0.1, -0.05) is 6.92 Å². The van der Waals surface area contributed by atoms with Crippen LogP contribution in [-0.4, -0.2) is 18.4 Å². The molecule has 0 aliphatic heterocycles. The first-order chi connectivity index (χ1) is 7.49. The molecule has 0 radical (unpaired) electrons. The lowest BCUT2D eigenvalue weighted by Gasteiger charge is -2.03. The molecule has 0 spiro atoms. The van der Waals surface area contributed by atoms with E-state index in [1.165, 1.54) is 6.92 Å². The summed E-state index contributed by atoms with van der Waals surface area (Å²) in [4.78, 5) is 23.5. The van der Waals surface area contributed by atoms with Gasteiger partial charge in [0.2, 0.25) is 0 Å². The van der Waals surface area contributed by atoms with Crippen LogP contribution in [0.3, 0.4) is 0 Å². The van der Waals surface area contributed by atoms with E-state index in [0.717, 1.165) is 17.8 Å². The van der Waals surface area contributed by atoms with Crippen molar-refractivity contribution in [1.29, 1.82) is 0 Å². The summed E-state index contributed by atoms with van der Waals surface area (Å²) in [7, 11) is 0. The fourth-order valence-electron chi connectivity index (χ4n) is 1.39. The normalized spacial score (nSPS) is 10.2. The van der Waals surface area contributed by atoms with Crippen LogP contribution in [0.1, 0.15) is 45.9 Å². The van der Waals surface area contributed by atoms with Gasteiger partial charge in [0.05, 0.1) is 17.0 Å². The molecule has 1 aromatic heterocycles. The standard InChI is InChI=1S/C11H15NO3S/c1-4-5-15-11(14)8-6(2)9(7(3)13)16-10(8)12/h4-5,12H2,1-3H3. The van der Waals surface area contributed by atoms with Crippen LogP contribution in [0.4, 0.5) is 5.00 Å². The number of Topliss-reactive ketones (excluding diaryl/α,β-unsaturated/α-hetero) is 1. The summed E-state index contributed by atoms with van der Waals surface area (Å²) in [5, 5.41) is 0.351. The zero-order valence-corrected chi connectivity index (χ0v) is 10.4. The largest absolute Gasteiger partial charge is 0.462 e. The molecule has 4 nitrogen and oxygen atoms in total. The monoisotopic (exact) mass is 241 g/mol. The fourth-order valence-corrected chi connectivity index (χ4v) is 2.35. The van der Waals surface area contributed by atoms with E-state index in [-0.39, 0.29) is 5.78 Å². The van der Waals surface area contributed by atoms with Crippen molar-refractivity contribution in [3.05, 3.63) is 16.0 Å². The summed E-state index contributed by atoms with van der Waals surface area (Å²) in [6, 6.07) is 0. The molecule has 0 amide bonds.